The summed E-state index contributed by atoms with van der Waals surface area (Å²) in [6, 6.07) is 0. The molecule has 0 bridgehead atoms. The number of rotatable bonds is 0. The van der Waals surface area contributed by atoms with Crippen LogP contribution in [0.4, 0.5) is 0 Å². The SMILES string of the molecule is Cc1nc(C)c(C(C)(C)C)s1.Cc1nn(C)c(C)c1C(C)(C)C.Cc1nsc(C)c1C(C)(C)C. The van der Waals surface area contributed by atoms with Crippen molar-refractivity contribution in [3.05, 3.63) is 48.7 Å². The van der Waals surface area contributed by atoms with E-state index in [-0.39, 0.29) is 16.2 Å². The van der Waals surface area contributed by atoms with Gasteiger partial charge in [0.15, 0.2) is 0 Å². The highest BCUT2D eigenvalue weighted by Crippen LogP contribution is 2.31. The first kappa shape index (κ1) is 30.5. The van der Waals surface area contributed by atoms with Gasteiger partial charge in [-0.25, -0.2) is 4.98 Å². The average Bonchev–Trinajstić information content (AvgIpc) is 3.22. The summed E-state index contributed by atoms with van der Waals surface area (Å²) in [6.07, 6.45) is 0. The van der Waals surface area contributed by atoms with Gasteiger partial charge in [0.1, 0.15) is 0 Å². The Hall–Kier alpha value is -1.53. The molecular formula is C28H48N4S2. The molecule has 0 saturated carbocycles. The van der Waals surface area contributed by atoms with E-state index in [1.165, 1.54) is 43.0 Å². The molecule has 3 rings (SSSR count). The van der Waals surface area contributed by atoms with E-state index in [1.807, 2.05) is 23.1 Å². The molecule has 192 valence electrons. The molecule has 34 heavy (non-hydrogen) atoms. The second-order valence-electron chi connectivity index (χ2n) is 12.3. The largest absolute Gasteiger partial charge is 0.272 e. The lowest BCUT2D eigenvalue weighted by molar-refractivity contribution is 0.580. The molecule has 6 heteroatoms. The summed E-state index contributed by atoms with van der Waals surface area (Å²) >= 11 is 3.42. The van der Waals surface area contributed by atoms with Crippen molar-refractivity contribution < 1.29 is 0 Å². The van der Waals surface area contributed by atoms with Gasteiger partial charge in [0.2, 0.25) is 0 Å². The van der Waals surface area contributed by atoms with Gasteiger partial charge >= 0.3 is 0 Å². The quantitative estimate of drug-likeness (QED) is 0.308. The molecule has 0 aromatic carbocycles. The fourth-order valence-electron chi connectivity index (χ4n) is 4.64. The predicted molar refractivity (Wildman–Crippen MR) is 152 cm³/mol. The highest BCUT2D eigenvalue weighted by atomic mass is 32.1. The summed E-state index contributed by atoms with van der Waals surface area (Å²) in [4.78, 5) is 7.16. The predicted octanol–water partition coefficient (Wildman–Crippen LogP) is 8.45. The maximum atomic E-state index is 4.40. The monoisotopic (exact) mass is 504 g/mol. The second kappa shape index (κ2) is 11.0. The highest BCUT2D eigenvalue weighted by Gasteiger charge is 2.22. The zero-order valence-electron chi connectivity index (χ0n) is 24.6. The molecule has 0 aliphatic rings. The molecule has 0 aliphatic heterocycles. The van der Waals surface area contributed by atoms with Crippen LogP contribution in [-0.2, 0) is 23.3 Å². The first-order valence-corrected chi connectivity index (χ1v) is 13.7. The molecule has 0 spiro atoms. The first-order valence-electron chi connectivity index (χ1n) is 12.1. The van der Waals surface area contributed by atoms with Crippen molar-refractivity contribution >= 4 is 22.9 Å². The van der Waals surface area contributed by atoms with Gasteiger partial charge in [-0.05, 0) is 74.9 Å². The summed E-state index contributed by atoms with van der Waals surface area (Å²) in [5.41, 5.74) is 8.34. The van der Waals surface area contributed by atoms with Gasteiger partial charge in [0.25, 0.3) is 0 Å². The molecule has 4 nitrogen and oxygen atoms in total. The minimum atomic E-state index is 0.211. The topological polar surface area (TPSA) is 43.6 Å². The molecule has 0 aliphatic carbocycles. The molecule has 3 aromatic rings. The Kier molecular flexibility index (Phi) is 9.89. The molecule has 3 aromatic heterocycles. The molecule has 0 fully saturated rings. The van der Waals surface area contributed by atoms with Crippen LogP contribution in [0.15, 0.2) is 0 Å². The van der Waals surface area contributed by atoms with E-state index in [0.29, 0.717) is 0 Å². The van der Waals surface area contributed by atoms with Crippen LogP contribution in [0.1, 0.15) is 111 Å². The minimum Gasteiger partial charge on any atom is -0.272 e. The van der Waals surface area contributed by atoms with Gasteiger partial charge in [-0.1, -0.05) is 62.3 Å². The maximum absolute atomic E-state index is 4.40. The normalized spacial score (nSPS) is 12.1. The van der Waals surface area contributed by atoms with Gasteiger partial charge in [-0.15, -0.1) is 11.3 Å². The number of aryl methyl sites for hydroxylation is 6. The Morgan fingerprint density at radius 3 is 1.32 bits per heavy atom. The van der Waals surface area contributed by atoms with E-state index >= 15 is 0 Å². The fourth-order valence-corrected chi connectivity index (χ4v) is 6.53. The molecule has 0 radical (unpaired) electrons. The lowest BCUT2D eigenvalue weighted by Gasteiger charge is -2.19. The van der Waals surface area contributed by atoms with Crippen LogP contribution in [0.3, 0.4) is 0 Å². The number of aromatic nitrogens is 4. The Labute approximate surface area is 217 Å². The van der Waals surface area contributed by atoms with E-state index in [2.05, 4.69) is 118 Å². The molecular weight excluding hydrogens is 456 g/mol. The second-order valence-corrected chi connectivity index (χ2v) is 14.4. The lowest BCUT2D eigenvalue weighted by atomic mass is 9.85. The van der Waals surface area contributed by atoms with Crippen LogP contribution in [-0.4, -0.2) is 19.1 Å². The van der Waals surface area contributed by atoms with Gasteiger partial charge in [-0.2, -0.15) is 9.47 Å². The van der Waals surface area contributed by atoms with E-state index < -0.39 is 0 Å². The van der Waals surface area contributed by atoms with Crippen LogP contribution in [0.5, 0.6) is 0 Å². The van der Waals surface area contributed by atoms with Gasteiger partial charge in [0.05, 0.1) is 22.1 Å². The number of nitrogens with zero attached hydrogens (tertiary/aromatic N) is 4. The van der Waals surface area contributed by atoms with Crippen molar-refractivity contribution in [2.75, 3.05) is 0 Å². The van der Waals surface area contributed by atoms with Crippen LogP contribution in [0.2, 0.25) is 0 Å². The van der Waals surface area contributed by atoms with Crippen LogP contribution < -0.4 is 0 Å². The summed E-state index contributed by atoms with van der Waals surface area (Å²) < 4.78 is 6.28. The van der Waals surface area contributed by atoms with Crippen molar-refractivity contribution in [3.63, 3.8) is 0 Å². The number of hydrogen-bond acceptors (Lipinski definition) is 5. The third-order valence-electron chi connectivity index (χ3n) is 5.63. The standard InChI is InChI=1S/C10H18N2.2C9H15NS/c1-7-9(10(3,4)5)8(2)12(6)11-7;1-6-8(9(3,4)5)11-7(2)10-6;1-6-8(9(3,4)5)7(2)11-10-6/h1-6H3;2*1-5H3. The first-order chi connectivity index (χ1) is 15.2. The van der Waals surface area contributed by atoms with Crippen LogP contribution >= 0.6 is 22.9 Å². The molecule has 0 atom stereocenters. The summed E-state index contributed by atoms with van der Waals surface area (Å²) in [5, 5.41) is 5.57. The summed E-state index contributed by atoms with van der Waals surface area (Å²) in [6.45, 7) is 32.6. The number of hydrogen-bond donors (Lipinski definition) is 0. The smallest absolute Gasteiger partial charge is 0.0900 e. The third kappa shape index (κ3) is 8.01. The van der Waals surface area contributed by atoms with E-state index in [0.717, 1.165) is 5.69 Å². The molecule has 3 heterocycles. The molecule has 0 N–H and O–H groups in total. The number of thiazole rings is 1. The van der Waals surface area contributed by atoms with Crippen LogP contribution in [0.25, 0.3) is 0 Å². The lowest BCUT2D eigenvalue weighted by Crippen LogP contribution is -2.13. The minimum absolute atomic E-state index is 0.211. The van der Waals surface area contributed by atoms with Crippen molar-refractivity contribution in [2.24, 2.45) is 7.05 Å². The van der Waals surface area contributed by atoms with Gasteiger partial charge < -0.3 is 0 Å². The van der Waals surface area contributed by atoms with E-state index in [4.69, 9.17) is 0 Å². The molecule has 0 amide bonds. The Morgan fingerprint density at radius 1 is 0.647 bits per heavy atom. The van der Waals surface area contributed by atoms with Crippen molar-refractivity contribution in [1.82, 2.24) is 19.1 Å². The average molecular weight is 505 g/mol. The molecule has 0 unspecified atom stereocenters. The summed E-state index contributed by atoms with van der Waals surface area (Å²) in [7, 11) is 2.00. The maximum Gasteiger partial charge on any atom is 0.0900 e. The Balaban J connectivity index is 0.000000255. The highest BCUT2D eigenvalue weighted by molar-refractivity contribution is 7.11. The third-order valence-corrected chi connectivity index (χ3v) is 7.97. The van der Waals surface area contributed by atoms with E-state index in [9.17, 15) is 0 Å². The Bertz CT molecular complexity index is 1060. The van der Waals surface area contributed by atoms with Crippen molar-refractivity contribution in [2.45, 2.75) is 120 Å². The summed E-state index contributed by atoms with van der Waals surface area (Å²) in [5.74, 6) is 0. The Morgan fingerprint density at radius 2 is 1.15 bits per heavy atom. The molecule has 0 saturated heterocycles. The van der Waals surface area contributed by atoms with Crippen molar-refractivity contribution in [3.8, 4) is 0 Å². The van der Waals surface area contributed by atoms with Gasteiger partial charge in [0, 0.05) is 28.1 Å². The van der Waals surface area contributed by atoms with E-state index in [1.54, 1.807) is 11.5 Å². The van der Waals surface area contributed by atoms with Crippen LogP contribution in [0, 0.1) is 41.5 Å². The zero-order valence-corrected chi connectivity index (χ0v) is 26.2. The van der Waals surface area contributed by atoms with Crippen molar-refractivity contribution in [1.29, 1.82) is 0 Å². The zero-order chi connectivity index (χ0) is 26.8. The van der Waals surface area contributed by atoms with Gasteiger partial charge in [-0.3, -0.25) is 4.68 Å². The fraction of sp³-hybridized carbons (Fsp3) is 0.679.